The molecular weight excluding hydrogens is 655 g/mol. The van der Waals surface area contributed by atoms with E-state index >= 15 is 0 Å². The number of aryl methyl sites for hydroxylation is 2. The van der Waals surface area contributed by atoms with Gasteiger partial charge in [-0.25, -0.2) is 0 Å². The minimum Gasteiger partial charge on any atom is -0.489 e. The lowest BCUT2D eigenvalue weighted by Crippen LogP contribution is -2.61. The Hall–Kier alpha value is -4.97. The fraction of sp³-hybridized carbons (Fsp3) is 0.424. The van der Waals surface area contributed by atoms with Crippen LogP contribution in [0.5, 0.6) is 5.75 Å². The van der Waals surface area contributed by atoms with E-state index in [1.165, 1.54) is 9.80 Å². The average Bonchev–Trinajstić information content (AvgIpc) is 3.50. The maximum Gasteiger partial charge on any atom is 0.665 e. The Labute approximate surface area is 289 Å². The Bertz CT molecular complexity index is 1740. The number of fused-ring (bicyclic) bond motifs is 2. The molecule has 0 atom stereocenters. The lowest BCUT2D eigenvalue weighted by Gasteiger charge is -2.42. The SMILES string of the molecule is CO[B-]1(OC)n2c(C)cc(C)c2C(c2ccc(N(CC(=O)O)CC(=O)O)c(OCCOCCN(CC(=O)O)CC(=O)O)c2)=C2C(C)=CC(C)=[N+]21. The Morgan fingerprint density at radius 2 is 1.42 bits per heavy atom. The number of carbonyl (C=O) groups is 4. The van der Waals surface area contributed by atoms with Gasteiger partial charge in [0.2, 0.25) is 0 Å². The highest BCUT2D eigenvalue weighted by atomic mass is 16.6. The van der Waals surface area contributed by atoms with Gasteiger partial charge in [-0.2, -0.15) is 0 Å². The molecule has 17 heteroatoms. The third-order valence-corrected chi connectivity index (χ3v) is 8.58. The van der Waals surface area contributed by atoms with Crippen molar-refractivity contribution in [3.8, 4) is 5.75 Å². The molecule has 0 amide bonds. The van der Waals surface area contributed by atoms with E-state index < -0.39 is 56.9 Å². The highest BCUT2D eigenvalue weighted by Gasteiger charge is 2.55. The molecule has 2 aromatic rings. The van der Waals surface area contributed by atoms with Gasteiger partial charge in [0.05, 0.1) is 37.6 Å². The zero-order chi connectivity index (χ0) is 36.9. The third-order valence-electron chi connectivity index (χ3n) is 8.58. The van der Waals surface area contributed by atoms with Crippen molar-refractivity contribution in [2.24, 2.45) is 0 Å². The number of anilines is 1. The molecule has 1 aromatic carbocycles. The number of benzene rings is 1. The van der Waals surface area contributed by atoms with Crippen molar-refractivity contribution in [3.05, 3.63) is 64.1 Å². The quantitative estimate of drug-likeness (QED) is 0.122. The van der Waals surface area contributed by atoms with Gasteiger partial charge in [-0.15, -0.1) is 0 Å². The Morgan fingerprint density at radius 1 is 0.820 bits per heavy atom. The van der Waals surface area contributed by atoms with E-state index in [2.05, 4.69) is 0 Å². The molecule has 0 fully saturated rings. The van der Waals surface area contributed by atoms with Crippen molar-refractivity contribution < 1.29 is 62.9 Å². The molecule has 270 valence electrons. The predicted octanol–water partition coefficient (Wildman–Crippen LogP) is 1.73. The molecular formula is C33H43BN4O12. The second kappa shape index (κ2) is 15.7. The monoisotopic (exact) mass is 698 g/mol. The second-order valence-electron chi connectivity index (χ2n) is 12.1. The number of hydrogen-bond donors (Lipinski definition) is 4. The first-order valence-corrected chi connectivity index (χ1v) is 15.8. The molecule has 0 spiro atoms. The zero-order valence-electron chi connectivity index (χ0n) is 29.0. The second-order valence-corrected chi connectivity index (χ2v) is 12.1. The average molecular weight is 699 g/mol. The van der Waals surface area contributed by atoms with E-state index in [0.717, 1.165) is 39.5 Å². The summed E-state index contributed by atoms with van der Waals surface area (Å²) in [7, 11) is 3.20. The summed E-state index contributed by atoms with van der Waals surface area (Å²) < 4.78 is 28.2. The number of allylic oxidation sites excluding steroid dienone is 2. The first kappa shape index (κ1) is 37.8. The van der Waals surface area contributed by atoms with Gasteiger partial charge < -0.3 is 53.1 Å². The number of carboxylic acid groups (broad SMARTS) is 4. The summed E-state index contributed by atoms with van der Waals surface area (Å²) >= 11 is 0. The van der Waals surface area contributed by atoms with Crippen molar-refractivity contribution in [2.75, 3.05) is 71.7 Å². The summed E-state index contributed by atoms with van der Waals surface area (Å²) in [6.45, 7) is 3.61. The molecule has 0 aliphatic carbocycles. The van der Waals surface area contributed by atoms with Crippen LogP contribution in [0.4, 0.5) is 5.69 Å². The normalized spacial score (nSPS) is 14.8. The molecule has 1 aromatic heterocycles. The minimum atomic E-state index is -2.20. The van der Waals surface area contributed by atoms with Crippen LogP contribution in [-0.2, 0) is 33.2 Å². The van der Waals surface area contributed by atoms with Crippen LogP contribution >= 0.6 is 0 Å². The van der Waals surface area contributed by atoms with Crippen LogP contribution in [0.2, 0.25) is 0 Å². The van der Waals surface area contributed by atoms with Crippen LogP contribution in [0.15, 0.2) is 41.6 Å². The maximum atomic E-state index is 11.8. The van der Waals surface area contributed by atoms with Gasteiger partial charge in [-0.3, -0.25) is 24.1 Å². The lowest BCUT2D eigenvalue weighted by atomic mass is 9.78. The van der Waals surface area contributed by atoms with Gasteiger partial charge in [0.25, 0.3) is 0 Å². The summed E-state index contributed by atoms with van der Waals surface area (Å²) in [5, 5.41) is 37.3. The van der Waals surface area contributed by atoms with Crippen LogP contribution in [0.1, 0.15) is 36.4 Å². The number of hydrogen-bond acceptors (Lipinski definition) is 10. The molecule has 0 saturated heterocycles. The molecule has 0 saturated carbocycles. The molecule has 2 aliphatic heterocycles. The summed E-state index contributed by atoms with van der Waals surface area (Å²) in [6, 6.07) is 7.20. The standard InChI is InChI=1S/C33H43BN4O12/c1-20-13-22(3)37-32(20)31(33-21(2)14-23(4)38(33)34(37,47-5)48-6)24-7-8-25(36(18-29(43)44)19-30(45)46)26(15-24)50-12-11-49-10-9-35(16-27(39)40)17-28(41)42/h7-8,13-15H,9-12,16-19H2,1-6H3,(H,39,40)(H,41,42)(H,43,44)(H,45,46). The lowest BCUT2D eigenvalue weighted by molar-refractivity contribution is -0.382. The van der Waals surface area contributed by atoms with Crippen molar-refractivity contribution >= 4 is 47.7 Å². The topological polar surface area (TPSA) is 201 Å². The number of aliphatic carboxylic acids is 4. The summed E-state index contributed by atoms with van der Waals surface area (Å²) in [5.41, 5.74) is 7.20. The van der Waals surface area contributed by atoms with E-state index in [1.54, 1.807) is 32.4 Å². The van der Waals surface area contributed by atoms with Crippen LogP contribution < -0.4 is 9.64 Å². The fourth-order valence-corrected chi connectivity index (χ4v) is 6.83. The zero-order valence-corrected chi connectivity index (χ0v) is 29.0. The van der Waals surface area contributed by atoms with E-state index in [4.69, 9.17) is 29.0 Å². The van der Waals surface area contributed by atoms with E-state index in [1.807, 2.05) is 48.8 Å². The summed E-state index contributed by atoms with van der Waals surface area (Å²) in [6.07, 6.45) is 2.04. The van der Waals surface area contributed by atoms with Gasteiger partial charge in [-0.1, -0.05) is 6.07 Å². The number of ether oxygens (including phenoxy) is 2. The summed E-state index contributed by atoms with van der Waals surface area (Å²) in [4.78, 5) is 48.1. The summed E-state index contributed by atoms with van der Waals surface area (Å²) in [5.74, 6) is -4.60. The first-order valence-electron chi connectivity index (χ1n) is 15.8. The highest BCUT2D eigenvalue weighted by Crippen LogP contribution is 2.45. The van der Waals surface area contributed by atoms with E-state index in [-0.39, 0.29) is 37.8 Å². The number of aromatic nitrogens is 1. The fourth-order valence-electron chi connectivity index (χ4n) is 6.83. The van der Waals surface area contributed by atoms with Gasteiger partial charge in [0, 0.05) is 30.8 Å². The van der Waals surface area contributed by atoms with Crippen molar-refractivity contribution in [1.82, 2.24) is 9.38 Å². The van der Waals surface area contributed by atoms with Crippen LogP contribution in [-0.4, -0.2) is 137 Å². The van der Waals surface area contributed by atoms with Crippen LogP contribution in [0.25, 0.3) is 5.57 Å². The molecule has 3 heterocycles. The molecule has 0 radical (unpaired) electrons. The van der Waals surface area contributed by atoms with E-state index in [0.29, 0.717) is 5.56 Å². The molecule has 0 unspecified atom stereocenters. The Morgan fingerprint density at radius 3 is 1.98 bits per heavy atom. The van der Waals surface area contributed by atoms with Crippen molar-refractivity contribution in [3.63, 3.8) is 0 Å². The predicted molar refractivity (Wildman–Crippen MR) is 182 cm³/mol. The maximum absolute atomic E-state index is 11.8. The minimum absolute atomic E-state index is 0.0150. The van der Waals surface area contributed by atoms with Gasteiger partial charge in [0.1, 0.15) is 31.2 Å². The highest BCUT2D eigenvalue weighted by molar-refractivity contribution is 6.59. The smallest absolute Gasteiger partial charge is 0.489 e. The largest absolute Gasteiger partial charge is 0.665 e. The molecule has 2 aliphatic rings. The Kier molecular flexibility index (Phi) is 11.9. The number of rotatable bonds is 19. The van der Waals surface area contributed by atoms with Crippen LogP contribution in [0.3, 0.4) is 0 Å². The van der Waals surface area contributed by atoms with E-state index in [9.17, 15) is 29.4 Å². The first-order chi connectivity index (χ1) is 23.6. The third kappa shape index (κ3) is 7.75. The Balaban J connectivity index is 1.76. The molecule has 4 N–H and O–H groups in total. The van der Waals surface area contributed by atoms with Crippen molar-refractivity contribution in [1.29, 1.82) is 0 Å². The molecule has 16 nitrogen and oxygen atoms in total. The van der Waals surface area contributed by atoms with Gasteiger partial charge in [-0.05, 0) is 70.0 Å². The van der Waals surface area contributed by atoms with Crippen molar-refractivity contribution in [2.45, 2.75) is 27.7 Å². The molecule has 4 rings (SSSR count). The molecule has 50 heavy (non-hydrogen) atoms. The van der Waals surface area contributed by atoms with Gasteiger partial charge >= 0.3 is 30.7 Å². The number of nitrogens with zero attached hydrogens (tertiary/aromatic N) is 4. The van der Waals surface area contributed by atoms with Crippen LogP contribution in [0, 0.1) is 13.8 Å². The number of carboxylic acids is 4. The van der Waals surface area contributed by atoms with Gasteiger partial charge in [0.15, 0.2) is 5.70 Å². The molecule has 0 bridgehead atoms.